The molecule has 1 saturated carbocycles. The summed E-state index contributed by atoms with van der Waals surface area (Å²) in [4.78, 5) is 12.0. The first kappa shape index (κ1) is 16.8. The number of carbonyl (C=O) groups excluding carboxylic acids is 1. The van der Waals surface area contributed by atoms with Gasteiger partial charge in [-0.15, -0.1) is 12.4 Å². The molecule has 0 aromatic carbocycles. The van der Waals surface area contributed by atoms with E-state index in [1.165, 1.54) is 25.7 Å². The van der Waals surface area contributed by atoms with E-state index < -0.39 is 0 Å². The summed E-state index contributed by atoms with van der Waals surface area (Å²) >= 11 is 0. The fraction of sp³-hybridized carbons (Fsp3) is 0.933. The molecule has 1 heterocycles. The van der Waals surface area contributed by atoms with Crippen LogP contribution >= 0.6 is 12.4 Å². The van der Waals surface area contributed by atoms with E-state index in [4.69, 9.17) is 0 Å². The number of nitrogens with one attached hydrogen (secondary N) is 2. The molecule has 3 nitrogen and oxygen atoms in total. The summed E-state index contributed by atoms with van der Waals surface area (Å²) in [5.74, 6) is 2.47. The van der Waals surface area contributed by atoms with Gasteiger partial charge in [0.2, 0.25) is 5.91 Å². The van der Waals surface area contributed by atoms with Crippen molar-refractivity contribution in [2.45, 2.75) is 58.4 Å². The Labute approximate surface area is 123 Å². The van der Waals surface area contributed by atoms with Gasteiger partial charge in [-0.05, 0) is 62.9 Å². The minimum atomic E-state index is 0. The molecule has 0 aromatic heterocycles. The van der Waals surface area contributed by atoms with E-state index in [1.54, 1.807) is 0 Å². The van der Waals surface area contributed by atoms with E-state index >= 15 is 0 Å². The lowest BCUT2D eigenvalue weighted by molar-refractivity contribution is -0.122. The van der Waals surface area contributed by atoms with Crippen molar-refractivity contribution in [2.75, 3.05) is 13.1 Å². The lowest BCUT2D eigenvalue weighted by Gasteiger charge is -2.33. The number of halogens is 1. The van der Waals surface area contributed by atoms with Gasteiger partial charge in [-0.2, -0.15) is 0 Å². The van der Waals surface area contributed by atoms with Crippen molar-refractivity contribution in [1.29, 1.82) is 0 Å². The van der Waals surface area contributed by atoms with Crippen molar-refractivity contribution < 1.29 is 4.79 Å². The molecular formula is C15H29ClN2O. The Balaban J connectivity index is 0.00000180. The van der Waals surface area contributed by atoms with E-state index in [0.29, 0.717) is 18.4 Å². The molecule has 19 heavy (non-hydrogen) atoms. The van der Waals surface area contributed by atoms with Crippen LogP contribution in [0, 0.1) is 17.8 Å². The van der Waals surface area contributed by atoms with Crippen LogP contribution in [0.1, 0.15) is 52.4 Å². The molecule has 0 radical (unpaired) electrons. The van der Waals surface area contributed by atoms with Gasteiger partial charge in [0.25, 0.3) is 0 Å². The Bertz CT molecular complexity index is 279. The number of hydrogen-bond donors (Lipinski definition) is 2. The first-order chi connectivity index (χ1) is 8.65. The van der Waals surface area contributed by atoms with Crippen LogP contribution in [0.2, 0.25) is 0 Å². The highest BCUT2D eigenvalue weighted by molar-refractivity contribution is 5.85. The van der Waals surface area contributed by atoms with E-state index in [9.17, 15) is 4.79 Å². The maximum atomic E-state index is 12.0. The predicted molar refractivity (Wildman–Crippen MR) is 81.6 cm³/mol. The van der Waals surface area contributed by atoms with Gasteiger partial charge in [0.1, 0.15) is 0 Å². The highest BCUT2D eigenvalue weighted by Gasteiger charge is 2.26. The monoisotopic (exact) mass is 288 g/mol. The lowest BCUT2D eigenvalue weighted by Crippen LogP contribution is -2.42. The topological polar surface area (TPSA) is 41.1 Å². The molecule has 4 unspecified atom stereocenters. The Morgan fingerprint density at radius 1 is 1.26 bits per heavy atom. The first-order valence-corrected chi connectivity index (χ1v) is 7.65. The molecular weight excluding hydrogens is 260 g/mol. The summed E-state index contributed by atoms with van der Waals surface area (Å²) in [5.41, 5.74) is 0. The lowest BCUT2D eigenvalue weighted by atomic mass is 9.80. The molecule has 0 bridgehead atoms. The van der Waals surface area contributed by atoms with Crippen molar-refractivity contribution in [3.8, 4) is 0 Å². The van der Waals surface area contributed by atoms with Crippen LogP contribution in [-0.2, 0) is 4.79 Å². The van der Waals surface area contributed by atoms with Gasteiger partial charge in [-0.3, -0.25) is 4.79 Å². The maximum absolute atomic E-state index is 12.0. The predicted octanol–water partition coefficient (Wildman–Crippen LogP) is 2.74. The normalized spacial score (nSPS) is 34.6. The summed E-state index contributed by atoms with van der Waals surface area (Å²) in [6.07, 6.45) is 6.70. The summed E-state index contributed by atoms with van der Waals surface area (Å²) in [6.45, 7) is 6.83. The third-order valence-corrected chi connectivity index (χ3v) is 4.72. The number of amides is 1. The molecule has 1 aliphatic carbocycles. The van der Waals surface area contributed by atoms with E-state index in [1.807, 2.05) is 0 Å². The second kappa shape index (κ2) is 8.11. The van der Waals surface area contributed by atoms with Crippen molar-refractivity contribution >= 4 is 18.3 Å². The minimum Gasteiger partial charge on any atom is -0.353 e. The Morgan fingerprint density at radius 2 is 2.05 bits per heavy atom. The maximum Gasteiger partial charge on any atom is 0.220 e. The third-order valence-electron chi connectivity index (χ3n) is 4.72. The smallest absolute Gasteiger partial charge is 0.220 e. The number of carbonyl (C=O) groups is 1. The third kappa shape index (κ3) is 5.31. The molecule has 2 rings (SSSR count). The van der Waals surface area contributed by atoms with E-state index in [-0.39, 0.29) is 18.3 Å². The second-order valence-corrected chi connectivity index (χ2v) is 6.47. The van der Waals surface area contributed by atoms with Crippen molar-refractivity contribution in [3.05, 3.63) is 0 Å². The second-order valence-electron chi connectivity index (χ2n) is 6.47. The van der Waals surface area contributed by atoms with Gasteiger partial charge in [-0.1, -0.05) is 13.8 Å². The van der Waals surface area contributed by atoms with Gasteiger partial charge >= 0.3 is 0 Å². The summed E-state index contributed by atoms with van der Waals surface area (Å²) < 4.78 is 0. The zero-order valence-electron chi connectivity index (χ0n) is 12.3. The molecule has 0 aromatic rings. The average Bonchev–Trinajstić information content (AvgIpc) is 2.83. The van der Waals surface area contributed by atoms with Crippen LogP contribution in [0.15, 0.2) is 0 Å². The van der Waals surface area contributed by atoms with Crippen LogP contribution in [-0.4, -0.2) is 25.0 Å². The molecule has 4 atom stereocenters. The molecule has 1 aliphatic heterocycles. The Hall–Kier alpha value is -0.280. The van der Waals surface area contributed by atoms with Crippen LogP contribution in [0.25, 0.3) is 0 Å². The Kier molecular flexibility index (Phi) is 7.16. The van der Waals surface area contributed by atoms with Gasteiger partial charge in [0.05, 0.1) is 0 Å². The molecule has 2 aliphatic rings. The molecule has 112 valence electrons. The zero-order valence-corrected chi connectivity index (χ0v) is 13.1. The summed E-state index contributed by atoms with van der Waals surface area (Å²) in [6, 6.07) is 0.426. The highest BCUT2D eigenvalue weighted by atomic mass is 35.5. The van der Waals surface area contributed by atoms with Gasteiger partial charge < -0.3 is 10.6 Å². The molecule has 2 fully saturated rings. The number of rotatable bonds is 4. The van der Waals surface area contributed by atoms with E-state index in [0.717, 1.165) is 31.3 Å². The van der Waals surface area contributed by atoms with Crippen LogP contribution in [0.3, 0.4) is 0 Å². The highest BCUT2D eigenvalue weighted by Crippen LogP contribution is 2.28. The van der Waals surface area contributed by atoms with Crippen molar-refractivity contribution in [3.63, 3.8) is 0 Å². The minimum absolute atomic E-state index is 0. The van der Waals surface area contributed by atoms with Crippen LogP contribution in [0.5, 0.6) is 0 Å². The molecule has 1 saturated heterocycles. The van der Waals surface area contributed by atoms with Crippen molar-refractivity contribution in [1.82, 2.24) is 10.6 Å². The fourth-order valence-electron chi connectivity index (χ4n) is 3.45. The molecule has 1 amide bonds. The van der Waals surface area contributed by atoms with Crippen LogP contribution < -0.4 is 10.6 Å². The largest absolute Gasteiger partial charge is 0.353 e. The molecule has 4 heteroatoms. The number of hydrogen-bond acceptors (Lipinski definition) is 2. The van der Waals surface area contributed by atoms with Crippen LogP contribution in [0.4, 0.5) is 0 Å². The van der Waals surface area contributed by atoms with Crippen molar-refractivity contribution in [2.24, 2.45) is 17.8 Å². The SMILES string of the molecule is CC1CCC(NC(=O)CCC2CCNC2)C(C)C1.Cl. The molecule has 2 N–H and O–H groups in total. The molecule has 0 spiro atoms. The first-order valence-electron chi connectivity index (χ1n) is 7.65. The zero-order chi connectivity index (χ0) is 13.0. The Morgan fingerprint density at radius 3 is 2.68 bits per heavy atom. The quantitative estimate of drug-likeness (QED) is 0.835. The van der Waals surface area contributed by atoms with Gasteiger partial charge in [0.15, 0.2) is 0 Å². The summed E-state index contributed by atoms with van der Waals surface area (Å²) in [7, 11) is 0. The van der Waals surface area contributed by atoms with Gasteiger partial charge in [0, 0.05) is 12.5 Å². The summed E-state index contributed by atoms with van der Waals surface area (Å²) in [5, 5.41) is 6.61. The van der Waals surface area contributed by atoms with Gasteiger partial charge in [-0.25, -0.2) is 0 Å². The average molecular weight is 289 g/mol. The standard InChI is InChI=1S/C15H28N2O.ClH/c1-11-3-5-14(12(2)9-11)17-15(18)6-4-13-7-8-16-10-13;/h11-14,16H,3-10H2,1-2H3,(H,17,18);1H. The fourth-order valence-corrected chi connectivity index (χ4v) is 3.45. The van der Waals surface area contributed by atoms with E-state index in [2.05, 4.69) is 24.5 Å².